The Labute approximate surface area is 136 Å². The zero-order valence-corrected chi connectivity index (χ0v) is 14.1. The van der Waals surface area contributed by atoms with Gasteiger partial charge in [0.25, 0.3) is 0 Å². The van der Waals surface area contributed by atoms with Crippen molar-refractivity contribution in [1.29, 1.82) is 0 Å². The molecular weight excluding hydrogens is 292 g/mol. The Hall–Kier alpha value is -1.58. The van der Waals surface area contributed by atoms with Crippen LogP contribution in [0.25, 0.3) is 0 Å². The first-order valence-corrected chi connectivity index (χ1v) is 8.53. The summed E-state index contributed by atoms with van der Waals surface area (Å²) >= 11 is 0. The maximum absolute atomic E-state index is 12.8. The largest absolute Gasteiger partial charge is 0.450 e. The molecular formula is C19H24O4. The van der Waals surface area contributed by atoms with Crippen LogP contribution >= 0.6 is 0 Å². The molecule has 23 heavy (non-hydrogen) atoms. The minimum absolute atomic E-state index is 0.0953. The molecule has 0 amide bonds. The van der Waals surface area contributed by atoms with E-state index in [0.29, 0.717) is 18.4 Å². The normalized spacial score (nSPS) is 46.9. The molecule has 2 saturated heterocycles. The molecule has 0 aromatic rings. The summed E-state index contributed by atoms with van der Waals surface area (Å²) < 4.78 is 11.8. The van der Waals surface area contributed by atoms with Crippen molar-refractivity contribution in [3.8, 4) is 0 Å². The number of esters is 2. The van der Waals surface area contributed by atoms with Crippen molar-refractivity contribution in [2.24, 2.45) is 16.7 Å². The van der Waals surface area contributed by atoms with Gasteiger partial charge in [0.15, 0.2) is 5.60 Å². The van der Waals surface area contributed by atoms with Gasteiger partial charge in [0, 0.05) is 5.41 Å². The highest BCUT2D eigenvalue weighted by molar-refractivity contribution is 6.00. The topological polar surface area (TPSA) is 52.6 Å². The second-order valence-corrected chi connectivity index (χ2v) is 8.60. The van der Waals surface area contributed by atoms with Crippen LogP contribution in [0, 0.1) is 16.7 Å². The lowest BCUT2D eigenvalue weighted by Crippen LogP contribution is -2.63. The third-order valence-corrected chi connectivity index (χ3v) is 6.63. The van der Waals surface area contributed by atoms with Gasteiger partial charge < -0.3 is 9.47 Å². The molecule has 4 heteroatoms. The fourth-order valence-corrected chi connectivity index (χ4v) is 5.55. The molecule has 4 unspecified atom stereocenters. The first-order chi connectivity index (χ1) is 10.7. The summed E-state index contributed by atoms with van der Waals surface area (Å²) in [7, 11) is 0. The maximum atomic E-state index is 12.8. The van der Waals surface area contributed by atoms with Gasteiger partial charge in [-0.3, -0.25) is 0 Å². The van der Waals surface area contributed by atoms with Crippen LogP contribution in [0.2, 0.25) is 0 Å². The van der Waals surface area contributed by atoms with Crippen molar-refractivity contribution in [3.63, 3.8) is 0 Å². The molecule has 4 rings (SSSR count). The predicted molar refractivity (Wildman–Crippen MR) is 84.4 cm³/mol. The molecule has 2 bridgehead atoms. The maximum Gasteiger partial charge on any atom is 0.352 e. The second-order valence-electron chi connectivity index (χ2n) is 8.60. The number of rotatable bonds is 1. The molecule has 4 nitrogen and oxygen atoms in total. The van der Waals surface area contributed by atoms with Gasteiger partial charge in [-0.15, -0.1) is 6.58 Å². The first-order valence-electron chi connectivity index (χ1n) is 8.53. The van der Waals surface area contributed by atoms with E-state index in [-0.39, 0.29) is 28.7 Å². The predicted octanol–water partition coefficient (Wildman–Crippen LogP) is 3.32. The number of carbonyl (C=O) groups excluding carboxylic acids is 2. The van der Waals surface area contributed by atoms with Crippen molar-refractivity contribution < 1.29 is 19.1 Å². The number of carbonyl (C=O) groups is 2. The van der Waals surface area contributed by atoms with Crippen LogP contribution < -0.4 is 0 Å². The van der Waals surface area contributed by atoms with E-state index in [1.165, 1.54) is 0 Å². The van der Waals surface area contributed by atoms with Crippen molar-refractivity contribution in [1.82, 2.24) is 0 Å². The van der Waals surface area contributed by atoms with E-state index >= 15 is 0 Å². The van der Waals surface area contributed by atoms with Gasteiger partial charge in [0.1, 0.15) is 0 Å². The molecule has 124 valence electrons. The summed E-state index contributed by atoms with van der Waals surface area (Å²) in [5, 5.41) is 0. The molecule has 0 N–H and O–H groups in total. The monoisotopic (exact) mass is 316 g/mol. The summed E-state index contributed by atoms with van der Waals surface area (Å²) in [4.78, 5) is 25.5. The quantitative estimate of drug-likeness (QED) is 0.550. The van der Waals surface area contributed by atoms with Crippen LogP contribution in [-0.2, 0) is 19.1 Å². The van der Waals surface area contributed by atoms with Crippen molar-refractivity contribution in [2.75, 3.05) is 0 Å². The molecule has 2 aliphatic heterocycles. The van der Waals surface area contributed by atoms with Gasteiger partial charge in [0.05, 0.1) is 11.5 Å². The van der Waals surface area contributed by atoms with Gasteiger partial charge >= 0.3 is 11.9 Å². The molecule has 4 aliphatic rings. The highest BCUT2D eigenvalue weighted by Crippen LogP contribution is 2.66. The highest BCUT2D eigenvalue weighted by Gasteiger charge is 2.77. The third kappa shape index (κ3) is 1.62. The fourth-order valence-electron chi connectivity index (χ4n) is 5.55. The summed E-state index contributed by atoms with van der Waals surface area (Å²) in [6, 6.07) is 0. The third-order valence-electron chi connectivity index (χ3n) is 6.63. The average Bonchev–Trinajstić information content (AvgIpc) is 2.68. The van der Waals surface area contributed by atoms with Gasteiger partial charge in [0.2, 0.25) is 5.60 Å². The van der Waals surface area contributed by atoms with Gasteiger partial charge in [-0.05, 0) is 37.5 Å². The minimum Gasteiger partial charge on any atom is -0.450 e. The van der Waals surface area contributed by atoms with E-state index in [9.17, 15) is 9.59 Å². The molecule has 4 atom stereocenters. The van der Waals surface area contributed by atoms with Gasteiger partial charge in [-0.2, -0.15) is 0 Å². The minimum atomic E-state index is -1.07. The number of hydrogen-bond acceptors (Lipinski definition) is 4. The van der Waals surface area contributed by atoms with Crippen molar-refractivity contribution >= 4 is 11.9 Å². The summed E-state index contributed by atoms with van der Waals surface area (Å²) in [6.07, 6.45) is 7.76. The summed E-state index contributed by atoms with van der Waals surface area (Å²) in [5.74, 6) is -0.811. The molecule has 0 aromatic heterocycles. The summed E-state index contributed by atoms with van der Waals surface area (Å²) in [5.41, 5.74) is -1.70. The van der Waals surface area contributed by atoms with Gasteiger partial charge in [-0.1, -0.05) is 32.9 Å². The Morgan fingerprint density at radius 2 is 1.83 bits per heavy atom. The Kier molecular flexibility index (Phi) is 2.66. The molecule has 0 aromatic carbocycles. The highest BCUT2D eigenvalue weighted by atomic mass is 16.6. The lowest BCUT2D eigenvalue weighted by Gasteiger charge is -2.55. The zero-order valence-electron chi connectivity index (χ0n) is 14.1. The van der Waals surface area contributed by atoms with E-state index in [1.54, 1.807) is 0 Å². The SMILES string of the molecule is C=CC1(C)C=C2C(=O)OC34CCCC(C)(C)C3C2(CC1)OC4=O. The first kappa shape index (κ1) is 15.0. The van der Waals surface area contributed by atoms with Gasteiger partial charge in [-0.25, -0.2) is 9.59 Å². The summed E-state index contributed by atoms with van der Waals surface area (Å²) in [6.45, 7) is 10.3. The lowest BCUT2D eigenvalue weighted by atomic mass is 9.51. The van der Waals surface area contributed by atoms with Crippen LogP contribution in [0.5, 0.6) is 0 Å². The number of hydrogen-bond donors (Lipinski definition) is 0. The standard InChI is InChI=1S/C19H24O4/c1-5-17(4)9-10-18-12(11-17)13(20)22-19(15(21)23-18)8-6-7-16(2,3)14(18)19/h5,11,14H,1,6-10H2,2-4H3. The zero-order chi connectivity index (χ0) is 16.7. The Balaban J connectivity index is 1.95. The molecule has 1 spiro atoms. The molecule has 3 fully saturated rings. The van der Waals surface area contributed by atoms with Crippen LogP contribution in [0.3, 0.4) is 0 Å². The fraction of sp³-hybridized carbons (Fsp3) is 0.684. The molecule has 0 radical (unpaired) electrons. The van der Waals surface area contributed by atoms with E-state index in [2.05, 4.69) is 27.4 Å². The van der Waals surface area contributed by atoms with Crippen LogP contribution in [-0.4, -0.2) is 23.1 Å². The van der Waals surface area contributed by atoms with Crippen LogP contribution in [0.1, 0.15) is 52.9 Å². The Bertz CT molecular complexity index is 660. The average molecular weight is 316 g/mol. The van der Waals surface area contributed by atoms with E-state index in [4.69, 9.17) is 9.47 Å². The van der Waals surface area contributed by atoms with Crippen LogP contribution in [0.15, 0.2) is 24.3 Å². The van der Waals surface area contributed by atoms with Crippen LogP contribution in [0.4, 0.5) is 0 Å². The van der Waals surface area contributed by atoms with E-state index < -0.39 is 11.2 Å². The van der Waals surface area contributed by atoms with E-state index in [0.717, 1.165) is 19.3 Å². The molecule has 2 aliphatic carbocycles. The van der Waals surface area contributed by atoms with E-state index in [1.807, 2.05) is 12.2 Å². The number of allylic oxidation sites excluding steroid dienone is 2. The van der Waals surface area contributed by atoms with Crippen molar-refractivity contribution in [2.45, 2.75) is 64.1 Å². The molecule has 1 saturated carbocycles. The number of ether oxygens (including phenoxy) is 2. The Morgan fingerprint density at radius 3 is 2.52 bits per heavy atom. The Morgan fingerprint density at radius 1 is 1.09 bits per heavy atom. The second kappa shape index (κ2) is 4.08. The lowest BCUT2D eigenvalue weighted by molar-refractivity contribution is -0.189. The molecule has 2 heterocycles. The smallest absolute Gasteiger partial charge is 0.352 e. The van der Waals surface area contributed by atoms with Crippen molar-refractivity contribution in [3.05, 3.63) is 24.3 Å².